The lowest BCUT2D eigenvalue weighted by Crippen LogP contribution is -2.10. The first-order valence-electron chi connectivity index (χ1n) is 5.99. The van der Waals surface area contributed by atoms with E-state index in [0.29, 0.717) is 25.6 Å². The van der Waals surface area contributed by atoms with Gasteiger partial charge in [-0.1, -0.05) is 53.0 Å². The van der Waals surface area contributed by atoms with Crippen molar-refractivity contribution in [1.29, 1.82) is 0 Å². The SMILES string of the molecule is O=C(Nc1cc(Cl)cc(Cl)c1)c1sc2ccccc2c1Cl. The molecule has 0 saturated carbocycles. The Kier molecular flexibility index (Phi) is 4.09. The molecule has 1 N–H and O–H groups in total. The van der Waals surface area contributed by atoms with Crippen molar-refractivity contribution in [3.8, 4) is 0 Å². The summed E-state index contributed by atoms with van der Waals surface area (Å²) in [4.78, 5) is 12.8. The maximum Gasteiger partial charge on any atom is 0.267 e. The normalized spacial score (nSPS) is 10.8. The molecule has 0 aliphatic rings. The van der Waals surface area contributed by atoms with E-state index >= 15 is 0 Å². The third-order valence-electron chi connectivity index (χ3n) is 2.86. The fraction of sp³-hybridized carbons (Fsp3) is 0. The first-order chi connectivity index (χ1) is 10.0. The predicted molar refractivity (Wildman–Crippen MR) is 91.3 cm³/mol. The van der Waals surface area contributed by atoms with Crippen LogP contribution in [-0.4, -0.2) is 5.91 Å². The van der Waals surface area contributed by atoms with E-state index in [1.165, 1.54) is 11.3 Å². The zero-order chi connectivity index (χ0) is 15.0. The molecule has 1 aromatic heterocycles. The van der Waals surface area contributed by atoms with Gasteiger partial charge in [0.25, 0.3) is 5.91 Å². The van der Waals surface area contributed by atoms with Crippen LogP contribution in [-0.2, 0) is 0 Å². The molecule has 0 spiro atoms. The number of carbonyl (C=O) groups is 1. The minimum absolute atomic E-state index is 0.278. The molecule has 0 unspecified atom stereocenters. The Morgan fingerprint density at radius 3 is 2.33 bits per heavy atom. The summed E-state index contributed by atoms with van der Waals surface area (Å²) in [5.74, 6) is -0.278. The maximum atomic E-state index is 12.4. The van der Waals surface area contributed by atoms with Crippen molar-refractivity contribution in [3.63, 3.8) is 0 Å². The summed E-state index contributed by atoms with van der Waals surface area (Å²) in [6, 6.07) is 12.5. The molecule has 0 aliphatic heterocycles. The molecular weight excluding hydrogens is 349 g/mol. The monoisotopic (exact) mass is 355 g/mol. The molecule has 21 heavy (non-hydrogen) atoms. The lowest BCUT2D eigenvalue weighted by Gasteiger charge is -2.05. The van der Waals surface area contributed by atoms with Crippen LogP contribution in [0.4, 0.5) is 5.69 Å². The fourth-order valence-electron chi connectivity index (χ4n) is 1.97. The van der Waals surface area contributed by atoms with E-state index in [-0.39, 0.29) is 5.91 Å². The zero-order valence-corrected chi connectivity index (χ0v) is 13.6. The number of nitrogens with one attached hydrogen (secondary N) is 1. The second kappa shape index (κ2) is 5.85. The van der Waals surface area contributed by atoms with Crippen LogP contribution >= 0.6 is 46.1 Å². The third-order valence-corrected chi connectivity index (χ3v) is 4.97. The highest BCUT2D eigenvalue weighted by Crippen LogP contribution is 2.35. The first-order valence-corrected chi connectivity index (χ1v) is 7.94. The van der Waals surface area contributed by atoms with Gasteiger partial charge in [-0.15, -0.1) is 11.3 Å². The Hall–Kier alpha value is -1.26. The van der Waals surface area contributed by atoms with Gasteiger partial charge in [0, 0.05) is 25.8 Å². The molecule has 0 atom stereocenters. The average Bonchev–Trinajstić information content (AvgIpc) is 2.76. The summed E-state index contributed by atoms with van der Waals surface area (Å²) in [5.41, 5.74) is 0.533. The summed E-state index contributed by atoms with van der Waals surface area (Å²) >= 11 is 19.5. The number of hydrogen-bond acceptors (Lipinski definition) is 2. The van der Waals surface area contributed by atoms with E-state index in [1.807, 2.05) is 24.3 Å². The van der Waals surface area contributed by atoms with E-state index in [0.717, 1.165) is 10.1 Å². The molecule has 0 saturated heterocycles. The Labute approximate surface area is 140 Å². The van der Waals surface area contributed by atoms with Crippen LogP contribution in [0.25, 0.3) is 10.1 Å². The van der Waals surface area contributed by atoms with Gasteiger partial charge in [0.1, 0.15) is 4.88 Å². The molecule has 6 heteroatoms. The molecule has 1 heterocycles. The minimum Gasteiger partial charge on any atom is -0.321 e. The number of rotatable bonds is 2. The van der Waals surface area contributed by atoms with Crippen molar-refractivity contribution in [2.24, 2.45) is 0 Å². The van der Waals surface area contributed by atoms with Crippen molar-refractivity contribution in [2.75, 3.05) is 5.32 Å². The number of thiophene rings is 1. The topological polar surface area (TPSA) is 29.1 Å². The highest BCUT2D eigenvalue weighted by molar-refractivity contribution is 7.21. The second-order valence-corrected chi connectivity index (χ2v) is 6.66. The molecule has 0 aliphatic carbocycles. The van der Waals surface area contributed by atoms with Crippen LogP contribution in [0, 0.1) is 0 Å². The van der Waals surface area contributed by atoms with Crippen LogP contribution in [0.5, 0.6) is 0 Å². The minimum atomic E-state index is -0.278. The van der Waals surface area contributed by atoms with Crippen LogP contribution < -0.4 is 5.32 Å². The summed E-state index contributed by atoms with van der Waals surface area (Å²) in [6.07, 6.45) is 0. The van der Waals surface area contributed by atoms with Crippen LogP contribution in [0.3, 0.4) is 0 Å². The number of carbonyl (C=O) groups excluding carboxylic acids is 1. The Morgan fingerprint density at radius 1 is 1.00 bits per heavy atom. The Morgan fingerprint density at radius 2 is 1.67 bits per heavy atom. The molecule has 0 bridgehead atoms. The molecule has 3 rings (SSSR count). The van der Waals surface area contributed by atoms with Crippen molar-refractivity contribution >= 4 is 67.8 Å². The van der Waals surface area contributed by atoms with E-state index in [1.54, 1.807) is 18.2 Å². The van der Waals surface area contributed by atoms with Crippen molar-refractivity contribution in [1.82, 2.24) is 0 Å². The largest absolute Gasteiger partial charge is 0.321 e. The van der Waals surface area contributed by atoms with E-state index in [4.69, 9.17) is 34.8 Å². The molecule has 2 nitrogen and oxygen atoms in total. The third kappa shape index (κ3) is 3.01. The lowest BCUT2D eigenvalue weighted by molar-refractivity contribution is 0.103. The number of fused-ring (bicyclic) bond motifs is 1. The van der Waals surface area contributed by atoms with Crippen LogP contribution in [0.15, 0.2) is 42.5 Å². The van der Waals surface area contributed by atoms with E-state index in [2.05, 4.69) is 5.32 Å². The van der Waals surface area contributed by atoms with Crippen LogP contribution in [0.2, 0.25) is 15.1 Å². The molecule has 106 valence electrons. The van der Waals surface area contributed by atoms with Gasteiger partial charge < -0.3 is 5.32 Å². The number of anilines is 1. The van der Waals surface area contributed by atoms with Gasteiger partial charge in [0.2, 0.25) is 0 Å². The summed E-state index contributed by atoms with van der Waals surface area (Å²) in [5, 5.41) is 5.01. The van der Waals surface area contributed by atoms with Crippen LogP contribution in [0.1, 0.15) is 9.67 Å². The zero-order valence-electron chi connectivity index (χ0n) is 10.5. The summed E-state index contributed by atoms with van der Waals surface area (Å²) in [6.45, 7) is 0. The number of halogens is 3. The second-order valence-electron chi connectivity index (χ2n) is 4.35. The van der Waals surface area contributed by atoms with Crippen molar-refractivity contribution in [2.45, 2.75) is 0 Å². The average molecular weight is 357 g/mol. The number of hydrogen-bond donors (Lipinski definition) is 1. The van der Waals surface area contributed by atoms with Gasteiger partial charge in [-0.25, -0.2) is 0 Å². The van der Waals surface area contributed by atoms with Gasteiger partial charge in [-0.05, 0) is 24.3 Å². The quantitative estimate of drug-likeness (QED) is 0.589. The molecule has 0 radical (unpaired) electrons. The maximum absolute atomic E-state index is 12.4. The van der Waals surface area contributed by atoms with E-state index in [9.17, 15) is 4.79 Å². The van der Waals surface area contributed by atoms with Gasteiger partial charge >= 0.3 is 0 Å². The highest BCUT2D eigenvalue weighted by Gasteiger charge is 2.17. The Balaban J connectivity index is 1.95. The summed E-state index contributed by atoms with van der Waals surface area (Å²) < 4.78 is 0.969. The highest BCUT2D eigenvalue weighted by atomic mass is 35.5. The molecular formula is C15H8Cl3NOS. The number of benzene rings is 2. The van der Waals surface area contributed by atoms with Gasteiger partial charge in [-0.2, -0.15) is 0 Å². The van der Waals surface area contributed by atoms with Gasteiger partial charge in [-0.3, -0.25) is 4.79 Å². The molecule has 1 amide bonds. The lowest BCUT2D eigenvalue weighted by atomic mass is 10.2. The van der Waals surface area contributed by atoms with Gasteiger partial charge in [0.15, 0.2) is 0 Å². The van der Waals surface area contributed by atoms with Gasteiger partial charge in [0.05, 0.1) is 5.02 Å². The standard InChI is InChI=1S/C15H8Cl3NOS/c16-8-5-9(17)7-10(6-8)19-15(20)14-13(18)11-3-1-2-4-12(11)21-14/h1-7H,(H,19,20). The van der Waals surface area contributed by atoms with Crippen molar-refractivity contribution in [3.05, 3.63) is 62.4 Å². The molecule has 2 aromatic carbocycles. The smallest absolute Gasteiger partial charge is 0.267 e. The molecule has 3 aromatic rings. The Bertz CT molecular complexity index is 824. The number of amides is 1. The first kappa shape index (κ1) is 14.7. The fourth-order valence-corrected chi connectivity index (χ4v) is 3.91. The molecule has 0 fully saturated rings. The van der Waals surface area contributed by atoms with E-state index < -0.39 is 0 Å². The van der Waals surface area contributed by atoms with Crippen molar-refractivity contribution < 1.29 is 4.79 Å². The predicted octanol–water partition coefficient (Wildman–Crippen LogP) is 6.11. The summed E-state index contributed by atoms with van der Waals surface area (Å²) in [7, 11) is 0.